The molecular formula is C18H22N5O2S+. The van der Waals surface area contributed by atoms with Crippen LogP contribution in [0.4, 0.5) is 11.6 Å². The van der Waals surface area contributed by atoms with E-state index in [1.807, 2.05) is 13.8 Å². The largest absolute Gasteiger partial charge is 0.397 e. The van der Waals surface area contributed by atoms with Gasteiger partial charge in [0, 0.05) is 11.1 Å². The van der Waals surface area contributed by atoms with Crippen molar-refractivity contribution < 1.29 is 14.0 Å². The zero-order valence-corrected chi connectivity index (χ0v) is 15.9. The summed E-state index contributed by atoms with van der Waals surface area (Å²) >= 11 is 1.32. The van der Waals surface area contributed by atoms with Crippen LogP contribution in [0.5, 0.6) is 0 Å². The number of nitrogen functional groups attached to an aromatic ring is 1. The molecule has 1 unspecified atom stereocenters. The molecule has 7 nitrogen and oxygen atoms in total. The van der Waals surface area contributed by atoms with Gasteiger partial charge < -0.3 is 5.73 Å². The van der Waals surface area contributed by atoms with Gasteiger partial charge in [0.1, 0.15) is 9.71 Å². The lowest BCUT2D eigenvalue weighted by atomic mass is 9.87. The predicted octanol–water partition coefficient (Wildman–Crippen LogP) is 3.11. The number of anilines is 2. The van der Waals surface area contributed by atoms with Gasteiger partial charge in [-0.3, -0.25) is 14.6 Å². The summed E-state index contributed by atoms with van der Waals surface area (Å²) in [4.78, 5) is 18.7. The SMILES string of the molecule is CC1CCc2nc3sc(C(=O)Nc4c[n+](C(C)C)no4)c(N)c3cc2C1. The number of fused-ring (bicyclic) bond motifs is 2. The highest BCUT2D eigenvalue weighted by molar-refractivity contribution is 7.21. The van der Waals surface area contributed by atoms with Gasteiger partial charge in [-0.2, -0.15) is 0 Å². The lowest BCUT2D eigenvalue weighted by Gasteiger charge is -2.20. The highest BCUT2D eigenvalue weighted by Crippen LogP contribution is 2.36. The standard InChI is InChI=1S/C18H21N5O2S/c1-9(2)23-8-14(25-22-23)21-17(24)16-15(19)12-7-11-6-10(3)4-5-13(11)20-18(12)26-16/h7-10H,4-6H2,1-3H3,(H2-,19,21,22,24)/p+1. The monoisotopic (exact) mass is 372 g/mol. The summed E-state index contributed by atoms with van der Waals surface area (Å²) in [6.45, 7) is 6.21. The summed E-state index contributed by atoms with van der Waals surface area (Å²) < 4.78 is 6.79. The summed E-state index contributed by atoms with van der Waals surface area (Å²) in [6.07, 6.45) is 4.81. The molecule has 1 atom stereocenters. The van der Waals surface area contributed by atoms with Crippen molar-refractivity contribution in [3.05, 3.63) is 28.4 Å². The number of carbonyl (C=O) groups excluding carboxylic acids is 1. The zero-order valence-electron chi connectivity index (χ0n) is 15.1. The molecule has 0 fully saturated rings. The number of thiophene rings is 1. The Bertz CT molecular complexity index is 991. The zero-order chi connectivity index (χ0) is 18.4. The first-order valence-electron chi connectivity index (χ1n) is 8.82. The van der Waals surface area contributed by atoms with E-state index in [1.165, 1.54) is 16.9 Å². The summed E-state index contributed by atoms with van der Waals surface area (Å²) in [6, 6.07) is 2.26. The van der Waals surface area contributed by atoms with E-state index in [1.54, 1.807) is 10.9 Å². The number of amides is 1. The van der Waals surface area contributed by atoms with Crippen LogP contribution < -0.4 is 15.7 Å². The fourth-order valence-electron chi connectivity index (χ4n) is 3.27. The first-order valence-corrected chi connectivity index (χ1v) is 9.64. The van der Waals surface area contributed by atoms with Crippen molar-refractivity contribution in [1.29, 1.82) is 0 Å². The van der Waals surface area contributed by atoms with Gasteiger partial charge in [0.2, 0.25) is 5.27 Å². The maximum Gasteiger partial charge on any atom is 0.302 e. The molecule has 0 saturated carbocycles. The molecule has 3 aromatic rings. The van der Waals surface area contributed by atoms with Crippen LogP contribution in [0, 0.1) is 5.92 Å². The Labute approximate surface area is 155 Å². The van der Waals surface area contributed by atoms with E-state index in [0.717, 1.165) is 35.2 Å². The predicted molar refractivity (Wildman–Crippen MR) is 100 cm³/mol. The normalized spacial score (nSPS) is 16.8. The molecular weight excluding hydrogens is 350 g/mol. The third-order valence-corrected chi connectivity index (χ3v) is 5.90. The molecule has 26 heavy (non-hydrogen) atoms. The molecule has 0 radical (unpaired) electrons. The maximum atomic E-state index is 12.7. The van der Waals surface area contributed by atoms with E-state index in [2.05, 4.69) is 23.6 Å². The van der Waals surface area contributed by atoms with E-state index in [-0.39, 0.29) is 11.9 Å². The molecule has 3 aromatic heterocycles. The molecule has 1 amide bonds. The quantitative estimate of drug-likeness (QED) is 0.689. The van der Waals surface area contributed by atoms with Crippen molar-refractivity contribution in [2.45, 2.75) is 46.1 Å². The highest BCUT2D eigenvalue weighted by Gasteiger charge is 2.24. The van der Waals surface area contributed by atoms with Crippen molar-refractivity contribution in [2.75, 3.05) is 11.1 Å². The lowest BCUT2D eigenvalue weighted by Crippen LogP contribution is -2.36. The number of aryl methyl sites for hydroxylation is 1. The third kappa shape index (κ3) is 2.94. The number of hydrogen-bond donors (Lipinski definition) is 2. The minimum Gasteiger partial charge on any atom is -0.397 e. The van der Waals surface area contributed by atoms with Crippen molar-refractivity contribution >= 4 is 39.0 Å². The molecule has 0 spiro atoms. The molecule has 136 valence electrons. The van der Waals surface area contributed by atoms with Crippen molar-refractivity contribution in [3.63, 3.8) is 0 Å². The van der Waals surface area contributed by atoms with Gasteiger partial charge in [0.25, 0.3) is 12.1 Å². The number of aromatic nitrogens is 3. The average molecular weight is 372 g/mol. The first kappa shape index (κ1) is 17.0. The van der Waals surface area contributed by atoms with E-state index < -0.39 is 0 Å². The van der Waals surface area contributed by atoms with Gasteiger partial charge in [0.05, 0.1) is 5.69 Å². The van der Waals surface area contributed by atoms with Gasteiger partial charge in [-0.05, 0) is 55.3 Å². The van der Waals surface area contributed by atoms with Crippen LogP contribution in [0.15, 0.2) is 16.8 Å². The van der Waals surface area contributed by atoms with E-state index in [4.69, 9.17) is 15.2 Å². The Morgan fingerprint density at radius 1 is 1.50 bits per heavy atom. The van der Waals surface area contributed by atoms with Crippen LogP contribution >= 0.6 is 11.3 Å². The number of carbonyl (C=O) groups is 1. The highest BCUT2D eigenvalue weighted by atomic mass is 32.1. The average Bonchev–Trinajstić information content (AvgIpc) is 3.18. The Morgan fingerprint density at radius 3 is 3.04 bits per heavy atom. The van der Waals surface area contributed by atoms with Gasteiger partial charge in [-0.15, -0.1) is 11.3 Å². The molecule has 8 heteroatoms. The second-order valence-corrected chi connectivity index (χ2v) is 8.23. The summed E-state index contributed by atoms with van der Waals surface area (Å²) in [5.74, 6) is 0.647. The summed E-state index contributed by atoms with van der Waals surface area (Å²) in [7, 11) is 0. The number of nitrogens with two attached hydrogens (primary N) is 1. The molecule has 0 saturated heterocycles. The smallest absolute Gasteiger partial charge is 0.302 e. The molecule has 1 aliphatic rings. The number of nitrogens with zero attached hydrogens (tertiary/aromatic N) is 3. The van der Waals surface area contributed by atoms with Crippen LogP contribution in [0.1, 0.15) is 54.2 Å². The number of hydrogen-bond acceptors (Lipinski definition) is 6. The first-order chi connectivity index (χ1) is 12.4. The van der Waals surface area contributed by atoms with Crippen molar-refractivity contribution in [2.24, 2.45) is 5.92 Å². The third-order valence-electron chi connectivity index (χ3n) is 4.79. The number of rotatable bonds is 3. The summed E-state index contributed by atoms with van der Waals surface area (Å²) in [5.41, 5.74) is 9.14. The summed E-state index contributed by atoms with van der Waals surface area (Å²) in [5, 5.41) is 7.46. The van der Waals surface area contributed by atoms with Gasteiger partial charge in [-0.1, -0.05) is 6.92 Å². The van der Waals surface area contributed by atoms with Crippen LogP contribution in [0.2, 0.25) is 0 Å². The molecule has 4 rings (SSSR count). The Kier molecular flexibility index (Phi) is 4.14. The van der Waals surface area contributed by atoms with Gasteiger partial charge >= 0.3 is 5.88 Å². The fraction of sp³-hybridized carbons (Fsp3) is 0.444. The molecule has 0 bridgehead atoms. The van der Waals surface area contributed by atoms with Gasteiger partial charge in [-0.25, -0.2) is 4.98 Å². The fourth-order valence-corrected chi connectivity index (χ4v) is 4.26. The Hall–Kier alpha value is -2.48. The lowest BCUT2D eigenvalue weighted by molar-refractivity contribution is -0.779. The molecule has 3 N–H and O–H groups in total. The molecule has 0 aromatic carbocycles. The van der Waals surface area contributed by atoms with Crippen LogP contribution in [0.25, 0.3) is 10.2 Å². The Balaban J connectivity index is 1.65. The van der Waals surface area contributed by atoms with Crippen molar-refractivity contribution in [1.82, 2.24) is 10.3 Å². The van der Waals surface area contributed by atoms with E-state index in [0.29, 0.717) is 22.4 Å². The second-order valence-electron chi connectivity index (χ2n) is 7.23. The number of nitrogens with one attached hydrogen (secondary N) is 1. The van der Waals surface area contributed by atoms with E-state index >= 15 is 0 Å². The van der Waals surface area contributed by atoms with Gasteiger partial charge in [0.15, 0.2) is 6.04 Å². The van der Waals surface area contributed by atoms with Crippen LogP contribution in [-0.2, 0) is 12.8 Å². The molecule has 0 aliphatic heterocycles. The Morgan fingerprint density at radius 2 is 2.31 bits per heavy atom. The van der Waals surface area contributed by atoms with Crippen LogP contribution in [0.3, 0.4) is 0 Å². The number of pyridine rings is 1. The minimum atomic E-state index is -0.302. The second kappa shape index (κ2) is 6.35. The maximum absolute atomic E-state index is 12.7. The van der Waals surface area contributed by atoms with Crippen molar-refractivity contribution in [3.8, 4) is 0 Å². The molecule has 3 heterocycles. The van der Waals surface area contributed by atoms with Crippen LogP contribution in [-0.4, -0.2) is 16.2 Å². The topological polar surface area (TPSA) is 97.9 Å². The minimum absolute atomic E-state index is 0.150. The van der Waals surface area contributed by atoms with E-state index in [9.17, 15) is 4.79 Å². The molecule has 1 aliphatic carbocycles.